The predicted octanol–water partition coefficient (Wildman–Crippen LogP) is 0.211. The summed E-state index contributed by atoms with van der Waals surface area (Å²) < 4.78 is 0. The molecule has 1 aliphatic rings. The lowest BCUT2D eigenvalue weighted by Gasteiger charge is -2.35. The smallest absolute Gasteiger partial charge is 0.0558 e. The average molecular weight is 185 g/mol. The second-order valence-electron chi connectivity index (χ2n) is 4.05. The summed E-state index contributed by atoms with van der Waals surface area (Å²) in [4.78, 5) is 4.80. The van der Waals surface area contributed by atoms with Crippen molar-refractivity contribution in [3.05, 3.63) is 5.92 Å². The van der Waals surface area contributed by atoms with Crippen LogP contribution in [-0.4, -0.2) is 60.8 Å². The summed E-state index contributed by atoms with van der Waals surface area (Å²) >= 11 is 0. The molecular formula is C10H21N2O. The van der Waals surface area contributed by atoms with Gasteiger partial charge in [-0.2, -0.15) is 0 Å². The van der Waals surface area contributed by atoms with Crippen LogP contribution in [0.25, 0.3) is 0 Å². The Hall–Kier alpha value is -0.120. The van der Waals surface area contributed by atoms with Crippen molar-refractivity contribution < 1.29 is 5.11 Å². The average Bonchev–Trinajstić information content (AvgIpc) is 2.08. The fraction of sp³-hybridized carbons (Fsp3) is 0.900. The number of hydrogen-bond donors (Lipinski definition) is 1. The normalized spacial score (nSPS) is 21.2. The lowest BCUT2D eigenvalue weighted by molar-refractivity contribution is 0.115. The number of nitrogens with zero attached hydrogens (tertiary/aromatic N) is 2. The van der Waals surface area contributed by atoms with Gasteiger partial charge in [0, 0.05) is 39.3 Å². The van der Waals surface area contributed by atoms with Gasteiger partial charge in [0.15, 0.2) is 0 Å². The summed E-state index contributed by atoms with van der Waals surface area (Å²) in [7, 11) is 0. The molecule has 3 heteroatoms. The second-order valence-corrected chi connectivity index (χ2v) is 4.05. The first-order valence-corrected chi connectivity index (χ1v) is 5.07. The Balaban J connectivity index is 2.15. The van der Waals surface area contributed by atoms with E-state index in [0.717, 1.165) is 39.3 Å². The molecule has 3 nitrogen and oxygen atoms in total. The van der Waals surface area contributed by atoms with Gasteiger partial charge in [-0.25, -0.2) is 0 Å². The zero-order valence-electron chi connectivity index (χ0n) is 8.79. The van der Waals surface area contributed by atoms with Crippen LogP contribution in [0, 0.1) is 5.92 Å². The monoisotopic (exact) mass is 185 g/mol. The van der Waals surface area contributed by atoms with Crippen LogP contribution < -0.4 is 0 Å². The zero-order chi connectivity index (χ0) is 9.68. The van der Waals surface area contributed by atoms with Crippen molar-refractivity contribution in [2.45, 2.75) is 13.8 Å². The molecule has 0 aromatic carbocycles. The molecule has 1 N–H and O–H groups in total. The van der Waals surface area contributed by atoms with E-state index in [0.29, 0.717) is 6.61 Å². The first-order valence-electron chi connectivity index (χ1n) is 5.07. The van der Waals surface area contributed by atoms with Crippen LogP contribution in [-0.2, 0) is 0 Å². The van der Waals surface area contributed by atoms with Crippen LogP contribution >= 0.6 is 0 Å². The van der Waals surface area contributed by atoms with E-state index in [1.54, 1.807) is 0 Å². The highest BCUT2D eigenvalue weighted by Crippen LogP contribution is 2.05. The summed E-state index contributed by atoms with van der Waals surface area (Å²) in [6.45, 7) is 11.1. The Morgan fingerprint density at radius 1 is 1.08 bits per heavy atom. The zero-order valence-corrected chi connectivity index (χ0v) is 8.79. The summed E-state index contributed by atoms with van der Waals surface area (Å²) in [5, 5.41) is 8.77. The van der Waals surface area contributed by atoms with Gasteiger partial charge in [-0.15, -0.1) is 0 Å². The first kappa shape index (κ1) is 11.0. The summed E-state index contributed by atoms with van der Waals surface area (Å²) in [6, 6.07) is 0. The predicted molar refractivity (Wildman–Crippen MR) is 54.6 cm³/mol. The van der Waals surface area contributed by atoms with E-state index in [-0.39, 0.29) is 0 Å². The molecule has 0 aromatic rings. The highest BCUT2D eigenvalue weighted by Gasteiger charge is 2.16. The standard InChI is InChI=1S/C10H21N2O/c1-10(2)9-12-5-3-11(4-6-12)7-8-13/h13H,3-9H2,1-2H3. The topological polar surface area (TPSA) is 26.7 Å². The first-order chi connectivity index (χ1) is 6.22. The number of rotatable bonds is 4. The van der Waals surface area contributed by atoms with Crippen LogP contribution in [0.15, 0.2) is 0 Å². The third-order valence-electron chi connectivity index (χ3n) is 2.42. The lowest BCUT2D eigenvalue weighted by atomic mass is 10.2. The quantitative estimate of drug-likeness (QED) is 0.678. The van der Waals surface area contributed by atoms with Gasteiger partial charge in [-0.3, -0.25) is 4.90 Å². The Morgan fingerprint density at radius 3 is 2.08 bits per heavy atom. The summed E-state index contributed by atoms with van der Waals surface area (Å²) in [5.41, 5.74) is 0. The Morgan fingerprint density at radius 2 is 1.62 bits per heavy atom. The number of piperazine rings is 1. The van der Waals surface area contributed by atoms with E-state index in [4.69, 9.17) is 5.11 Å². The van der Waals surface area contributed by atoms with Gasteiger partial charge in [-0.05, 0) is 5.92 Å². The van der Waals surface area contributed by atoms with Crippen molar-refractivity contribution in [3.8, 4) is 0 Å². The van der Waals surface area contributed by atoms with E-state index < -0.39 is 0 Å². The van der Waals surface area contributed by atoms with Crippen molar-refractivity contribution in [1.82, 2.24) is 9.80 Å². The Bertz CT molecular complexity index is 131. The molecule has 0 spiro atoms. The lowest BCUT2D eigenvalue weighted by Crippen LogP contribution is -2.47. The fourth-order valence-electron chi connectivity index (χ4n) is 1.76. The number of aliphatic hydroxyl groups is 1. The molecule has 1 heterocycles. The minimum atomic E-state index is 0.291. The molecular weight excluding hydrogens is 164 g/mol. The molecule has 0 atom stereocenters. The Kier molecular flexibility index (Phi) is 4.70. The molecule has 13 heavy (non-hydrogen) atoms. The molecule has 0 bridgehead atoms. The van der Waals surface area contributed by atoms with Crippen LogP contribution in [0.5, 0.6) is 0 Å². The van der Waals surface area contributed by atoms with Crippen LogP contribution in [0.1, 0.15) is 13.8 Å². The van der Waals surface area contributed by atoms with Crippen molar-refractivity contribution in [3.63, 3.8) is 0 Å². The molecule has 0 aliphatic carbocycles. The molecule has 1 saturated heterocycles. The summed E-state index contributed by atoms with van der Waals surface area (Å²) in [5.74, 6) is 1.48. The van der Waals surface area contributed by atoms with E-state index >= 15 is 0 Å². The van der Waals surface area contributed by atoms with E-state index in [2.05, 4.69) is 23.6 Å². The number of aliphatic hydroxyl groups excluding tert-OH is 1. The van der Waals surface area contributed by atoms with Crippen molar-refractivity contribution in [2.24, 2.45) is 0 Å². The molecule has 0 amide bonds. The molecule has 1 aliphatic heterocycles. The number of hydrogen-bond acceptors (Lipinski definition) is 3. The minimum absolute atomic E-state index is 0.291. The third kappa shape index (κ3) is 4.07. The van der Waals surface area contributed by atoms with Crippen LogP contribution in [0.4, 0.5) is 0 Å². The van der Waals surface area contributed by atoms with Crippen LogP contribution in [0.2, 0.25) is 0 Å². The third-order valence-corrected chi connectivity index (χ3v) is 2.42. The second kappa shape index (κ2) is 5.58. The van der Waals surface area contributed by atoms with Crippen LogP contribution in [0.3, 0.4) is 0 Å². The van der Waals surface area contributed by atoms with Gasteiger partial charge in [0.05, 0.1) is 6.61 Å². The molecule has 1 fully saturated rings. The van der Waals surface area contributed by atoms with Crippen molar-refractivity contribution in [2.75, 3.05) is 45.9 Å². The van der Waals surface area contributed by atoms with Gasteiger partial charge in [-0.1, -0.05) is 13.8 Å². The van der Waals surface area contributed by atoms with Gasteiger partial charge >= 0.3 is 0 Å². The van der Waals surface area contributed by atoms with E-state index in [9.17, 15) is 0 Å². The molecule has 1 radical (unpaired) electrons. The SMILES string of the molecule is C[C](C)CN1CCN(CCO)CC1. The maximum Gasteiger partial charge on any atom is 0.0558 e. The molecule has 0 aromatic heterocycles. The Labute approximate surface area is 81.3 Å². The van der Waals surface area contributed by atoms with E-state index in [1.807, 2.05) is 0 Å². The largest absolute Gasteiger partial charge is 0.395 e. The minimum Gasteiger partial charge on any atom is -0.395 e. The highest BCUT2D eigenvalue weighted by molar-refractivity contribution is 4.84. The highest BCUT2D eigenvalue weighted by atomic mass is 16.3. The summed E-state index contributed by atoms with van der Waals surface area (Å²) in [6.07, 6.45) is 0. The van der Waals surface area contributed by atoms with Crippen molar-refractivity contribution in [1.29, 1.82) is 0 Å². The van der Waals surface area contributed by atoms with Gasteiger partial charge in [0.2, 0.25) is 0 Å². The van der Waals surface area contributed by atoms with E-state index in [1.165, 1.54) is 5.92 Å². The fourth-order valence-corrected chi connectivity index (χ4v) is 1.76. The number of β-amino-alcohol motifs (C(OH)–C–C–N with tert-alkyl or cyclic N) is 1. The van der Waals surface area contributed by atoms with Crippen molar-refractivity contribution >= 4 is 0 Å². The maximum atomic E-state index is 8.77. The molecule has 77 valence electrons. The molecule has 0 unspecified atom stereocenters. The maximum absolute atomic E-state index is 8.77. The van der Waals surface area contributed by atoms with Gasteiger partial charge in [0.25, 0.3) is 0 Å². The molecule has 1 rings (SSSR count). The van der Waals surface area contributed by atoms with Gasteiger partial charge < -0.3 is 10.0 Å². The molecule has 0 saturated carbocycles. The van der Waals surface area contributed by atoms with Gasteiger partial charge in [0.1, 0.15) is 0 Å².